The number of hydrogen-bond acceptors (Lipinski definition) is 4. The molecule has 0 aromatic heterocycles. The Kier molecular flexibility index (Phi) is 5.04. The van der Waals surface area contributed by atoms with Crippen molar-refractivity contribution < 1.29 is 14.4 Å². The number of benzene rings is 2. The van der Waals surface area contributed by atoms with Crippen LogP contribution in [0.25, 0.3) is 0 Å². The maximum absolute atomic E-state index is 12.4. The minimum Gasteiger partial charge on any atom is -0.355 e. The van der Waals surface area contributed by atoms with Crippen LogP contribution >= 0.6 is 11.8 Å². The summed E-state index contributed by atoms with van der Waals surface area (Å²) < 4.78 is 0. The minimum absolute atomic E-state index is 0.0688. The van der Waals surface area contributed by atoms with Crippen LogP contribution in [0.3, 0.4) is 0 Å². The summed E-state index contributed by atoms with van der Waals surface area (Å²) in [5.74, 6) is -0.327. The van der Waals surface area contributed by atoms with Gasteiger partial charge in [-0.25, -0.2) is 0 Å². The molecule has 0 saturated heterocycles. The van der Waals surface area contributed by atoms with E-state index in [1.54, 1.807) is 31.3 Å². The topological polar surface area (TPSA) is 78.5 Å². The third-order valence-electron chi connectivity index (χ3n) is 3.75. The number of para-hydroxylation sites is 1. The maximum atomic E-state index is 12.4. The molecule has 0 fully saturated rings. The zero-order chi connectivity index (χ0) is 17.8. The number of carbonyl (C=O) groups is 3. The van der Waals surface area contributed by atoms with E-state index in [1.807, 2.05) is 24.3 Å². The molecule has 3 amide bonds. The molecule has 0 unspecified atom stereocenters. The molecule has 0 atom stereocenters. The molecule has 1 heterocycles. The van der Waals surface area contributed by atoms with Crippen molar-refractivity contribution in [1.29, 1.82) is 0 Å². The molecule has 0 saturated carbocycles. The van der Waals surface area contributed by atoms with E-state index in [-0.39, 0.29) is 24.3 Å². The minimum atomic E-state index is -0.316. The Morgan fingerprint density at radius 2 is 1.96 bits per heavy atom. The van der Waals surface area contributed by atoms with Gasteiger partial charge in [0, 0.05) is 23.2 Å². The van der Waals surface area contributed by atoms with Crippen LogP contribution in [0.2, 0.25) is 0 Å². The van der Waals surface area contributed by atoms with Crippen molar-refractivity contribution in [2.24, 2.45) is 0 Å². The number of carbonyl (C=O) groups excluding carboxylic acids is 3. The second-order valence-corrected chi connectivity index (χ2v) is 6.46. The van der Waals surface area contributed by atoms with Crippen LogP contribution in [0.1, 0.15) is 10.4 Å². The highest BCUT2D eigenvalue weighted by molar-refractivity contribution is 8.00. The van der Waals surface area contributed by atoms with Gasteiger partial charge < -0.3 is 15.5 Å². The first-order valence-electron chi connectivity index (χ1n) is 7.72. The first-order valence-corrected chi connectivity index (χ1v) is 8.71. The molecule has 0 spiro atoms. The van der Waals surface area contributed by atoms with Crippen LogP contribution in [0.4, 0.5) is 11.4 Å². The summed E-state index contributed by atoms with van der Waals surface area (Å²) in [4.78, 5) is 38.7. The molecule has 3 rings (SSSR count). The summed E-state index contributed by atoms with van der Waals surface area (Å²) in [6, 6.07) is 14.2. The first-order chi connectivity index (χ1) is 12.1. The van der Waals surface area contributed by atoms with Crippen LogP contribution < -0.4 is 15.5 Å². The molecule has 2 N–H and O–H groups in total. The van der Waals surface area contributed by atoms with E-state index in [2.05, 4.69) is 10.6 Å². The molecule has 2 aromatic rings. The maximum Gasteiger partial charge on any atom is 0.251 e. The smallest absolute Gasteiger partial charge is 0.251 e. The molecule has 0 bridgehead atoms. The van der Waals surface area contributed by atoms with E-state index in [9.17, 15) is 14.4 Å². The number of nitrogens with one attached hydrogen (secondary N) is 2. The lowest BCUT2D eigenvalue weighted by atomic mass is 10.2. The Morgan fingerprint density at radius 3 is 2.76 bits per heavy atom. The van der Waals surface area contributed by atoms with Gasteiger partial charge in [0.1, 0.15) is 6.54 Å². The summed E-state index contributed by atoms with van der Waals surface area (Å²) in [6.07, 6.45) is 0. The van der Waals surface area contributed by atoms with Crippen molar-refractivity contribution in [2.75, 3.05) is 29.6 Å². The fourth-order valence-corrected chi connectivity index (χ4v) is 3.49. The number of rotatable bonds is 4. The number of amides is 3. The first kappa shape index (κ1) is 17.0. The number of hydrogen-bond donors (Lipinski definition) is 2. The summed E-state index contributed by atoms with van der Waals surface area (Å²) in [7, 11) is 1.55. The van der Waals surface area contributed by atoms with Gasteiger partial charge >= 0.3 is 0 Å². The Balaban J connectivity index is 1.73. The second-order valence-electron chi connectivity index (χ2n) is 5.44. The van der Waals surface area contributed by atoms with Gasteiger partial charge in [-0.15, -0.1) is 11.8 Å². The molecular weight excluding hydrogens is 338 g/mol. The van der Waals surface area contributed by atoms with Gasteiger partial charge in [0.05, 0.1) is 11.4 Å². The fourth-order valence-electron chi connectivity index (χ4n) is 2.55. The lowest BCUT2D eigenvalue weighted by Gasteiger charge is -2.28. The van der Waals surface area contributed by atoms with Gasteiger partial charge in [-0.3, -0.25) is 14.4 Å². The molecule has 25 heavy (non-hydrogen) atoms. The van der Waals surface area contributed by atoms with E-state index in [0.29, 0.717) is 17.0 Å². The van der Waals surface area contributed by atoms with Crippen LogP contribution in [0, 0.1) is 0 Å². The average molecular weight is 355 g/mol. The van der Waals surface area contributed by atoms with Crippen molar-refractivity contribution in [3.05, 3.63) is 54.1 Å². The average Bonchev–Trinajstić information content (AvgIpc) is 2.63. The third-order valence-corrected chi connectivity index (χ3v) is 4.79. The predicted molar refractivity (Wildman–Crippen MR) is 98.0 cm³/mol. The Morgan fingerprint density at radius 1 is 1.16 bits per heavy atom. The number of anilines is 2. The van der Waals surface area contributed by atoms with E-state index < -0.39 is 0 Å². The highest BCUT2D eigenvalue weighted by Gasteiger charge is 2.26. The normalized spacial score (nSPS) is 13.2. The summed E-state index contributed by atoms with van der Waals surface area (Å²) in [5, 5.41) is 5.28. The SMILES string of the molecule is CNC(=O)c1cccc(NC(=O)CN2C(=O)CSc3ccccc32)c1. The summed E-state index contributed by atoms with van der Waals surface area (Å²) in [6.45, 7) is -0.0688. The van der Waals surface area contributed by atoms with Crippen molar-refractivity contribution in [3.8, 4) is 0 Å². The van der Waals surface area contributed by atoms with Crippen molar-refractivity contribution >= 4 is 40.9 Å². The predicted octanol–water partition coefficient (Wildman–Crippen LogP) is 2.12. The molecule has 1 aliphatic rings. The molecule has 0 radical (unpaired) electrons. The Labute approximate surface area is 149 Å². The van der Waals surface area contributed by atoms with Crippen LogP contribution in [-0.4, -0.2) is 37.1 Å². The highest BCUT2D eigenvalue weighted by atomic mass is 32.2. The van der Waals surface area contributed by atoms with Gasteiger partial charge in [-0.05, 0) is 30.3 Å². The molecular formula is C18H17N3O3S. The lowest BCUT2D eigenvalue weighted by Crippen LogP contribution is -2.41. The molecule has 0 aliphatic carbocycles. The monoisotopic (exact) mass is 355 g/mol. The molecule has 2 aromatic carbocycles. The number of nitrogens with zero attached hydrogens (tertiary/aromatic N) is 1. The molecule has 128 valence electrons. The number of thioether (sulfide) groups is 1. The third kappa shape index (κ3) is 3.83. The zero-order valence-corrected chi connectivity index (χ0v) is 14.4. The van der Waals surface area contributed by atoms with Gasteiger partial charge in [0.2, 0.25) is 11.8 Å². The largest absolute Gasteiger partial charge is 0.355 e. The fraction of sp³-hybridized carbons (Fsp3) is 0.167. The standard InChI is InChI=1S/C18H17N3O3S/c1-19-18(24)12-5-4-6-13(9-12)20-16(22)10-21-14-7-2-3-8-15(14)25-11-17(21)23/h2-9H,10-11H2,1H3,(H,19,24)(H,20,22). The van der Waals surface area contributed by atoms with Crippen molar-refractivity contribution in [1.82, 2.24) is 5.32 Å². The van der Waals surface area contributed by atoms with Crippen LogP contribution in [0.5, 0.6) is 0 Å². The van der Waals surface area contributed by atoms with Gasteiger partial charge in [-0.1, -0.05) is 18.2 Å². The van der Waals surface area contributed by atoms with Crippen molar-refractivity contribution in [2.45, 2.75) is 4.90 Å². The second kappa shape index (κ2) is 7.40. The van der Waals surface area contributed by atoms with E-state index >= 15 is 0 Å². The molecule has 1 aliphatic heterocycles. The molecule has 6 nitrogen and oxygen atoms in total. The Hall–Kier alpha value is -2.80. The van der Waals surface area contributed by atoms with Gasteiger partial charge in [-0.2, -0.15) is 0 Å². The van der Waals surface area contributed by atoms with E-state index in [0.717, 1.165) is 10.6 Å². The summed E-state index contributed by atoms with van der Waals surface area (Å²) in [5.41, 5.74) is 1.72. The quantitative estimate of drug-likeness (QED) is 0.881. The van der Waals surface area contributed by atoms with Gasteiger partial charge in [0.15, 0.2) is 0 Å². The molecule has 7 heteroatoms. The van der Waals surface area contributed by atoms with Crippen LogP contribution in [-0.2, 0) is 9.59 Å². The summed E-state index contributed by atoms with van der Waals surface area (Å²) >= 11 is 1.47. The zero-order valence-electron chi connectivity index (χ0n) is 13.6. The van der Waals surface area contributed by atoms with Gasteiger partial charge in [0.25, 0.3) is 5.91 Å². The van der Waals surface area contributed by atoms with Crippen molar-refractivity contribution in [3.63, 3.8) is 0 Å². The Bertz CT molecular complexity index is 838. The lowest BCUT2D eigenvalue weighted by molar-refractivity contribution is -0.120. The van der Waals surface area contributed by atoms with E-state index in [1.165, 1.54) is 16.7 Å². The number of fused-ring (bicyclic) bond motifs is 1. The van der Waals surface area contributed by atoms with E-state index in [4.69, 9.17) is 0 Å². The highest BCUT2D eigenvalue weighted by Crippen LogP contribution is 2.34. The van der Waals surface area contributed by atoms with Crippen LogP contribution in [0.15, 0.2) is 53.4 Å².